The van der Waals surface area contributed by atoms with E-state index in [0.717, 1.165) is 30.6 Å². The highest BCUT2D eigenvalue weighted by atomic mass is 19.3. The molecule has 0 aliphatic carbocycles. The first kappa shape index (κ1) is 23.5. The fraction of sp³-hybridized carbons (Fsp3) is 0.300. The standard InChI is InChI=1S/C20H14F6N4O4/c21-9-1-2-11(22)10(5-9)15-17(29-18(31)13-6-14(30-34-13)33-19(23)24)16(28-8-27-15)12-3-4-20(25,26)7-32-12/h1-2,5-6,8,12,19H,3-4,7H2,(H,29,31). The number of amides is 1. The topological polar surface area (TPSA) is 99.4 Å². The van der Waals surface area contributed by atoms with Crippen molar-refractivity contribution < 1.29 is 45.1 Å². The van der Waals surface area contributed by atoms with E-state index < -0.39 is 60.8 Å². The SMILES string of the molecule is O=C(Nc1c(-c2cc(F)ccc2F)ncnc1C1CCC(F)(F)CO1)c1cc(OC(F)F)no1. The van der Waals surface area contributed by atoms with Gasteiger partial charge in [0.15, 0.2) is 0 Å². The van der Waals surface area contributed by atoms with Crippen molar-refractivity contribution >= 4 is 11.6 Å². The van der Waals surface area contributed by atoms with Crippen molar-refractivity contribution in [2.45, 2.75) is 31.5 Å². The molecule has 14 heteroatoms. The Kier molecular flexibility index (Phi) is 6.41. The Labute approximate surface area is 186 Å². The van der Waals surface area contributed by atoms with Crippen LogP contribution in [0.2, 0.25) is 0 Å². The maximum atomic E-state index is 14.5. The monoisotopic (exact) mass is 488 g/mol. The molecule has 1 amide bonds. The van der Waals surface area contributed by atoms with Crippen LogP contribution in [0.25, 0.3) is 11.3 Å². The van der Waals surface area contributed by atoms with Gasteiger partial charge in [-0.3, -0.25) is 4.79 Å². The highest BCUT2D eigenvalue weighted by Gasteiger charge is 2.38. The zero-order valence-electron chi connectivity index (χ0n) is 16.9. The Morgan fingerprint density at radius 2 is 2.00 bits per heavy atom. The minimum Gasteiger partial charge on any atom is -0.414 e. The van der Waals surface area contributed by atoms with Gasteiger partial charge in [-0.1, -0.05) is 0 Å². The van der Waals surface area contributed by atoms with Gasteiger partial charge in [0.1, 0.15) is 36.4 Å². The van der Waals surface area contributed by atoms with E-state index in [-0.39, 0.29) is 29.1 Å². The van der Waals surface area contributed by atoms with Crippen molar-refractivity contribution in [2.75, 3.05) is 11.9 Å². The molecule has 34 heavy (non-hydrogen) atoms. The van der Waals surface area contributed by atoms with Crippen molar-refractivity contribution in [1.29, 1.82) is 0 Å². The molecule has 3 heterocycles. The van der Waals surface area contributed by atoms with E-state index in [4.69, 9.17) is 4.74 Å². The van der Waals surface area contributed by atoms with E-state index in [1.807, 2.05) is 0 Å². The molecule has 8 nitrogen and oxygen atoms in total. The largest absolute Gasteiger partial charge is 0.414 e. The number of carbonyl (C=O) groups is 1. The quantitative estimate of drug-likeness (QED) is 0.500. The predicted molar refractivity (Wildman–Crippen MR) is 101 cm³/mol. The Morgan fingerprint density at radius 1 is 1.21 bits per heavy atom. The number of rotatable bonds is 6. The molecule has 4 rings (SSSR count). The number of hydrogen-bond acceptors (Lipinski definition) is 7. The summed E-state index contributed by atoms with van der Waals surface area (Å²) in [4.78, 5) is 20.6. The Morgan fingerprint density at radius 3 is 2.71 bits per heavy atom. The molecule has 1 atom stereocenters. The Balaban J connectivity index is 1.74. The van der Waals surface area contributed by atoms with Gasteiger partial charge in [-0.2, -0.15) is 8.78 Å². The molecule has 1 aliphatic heterocycles. The normalized spacial score (nSPS) is 17.6. The number of alkyl halides is 4. The van der Waals surface area contributed by atoms with Crippen molar-refractivity contribution in [2.24, 2.45) is 0 Å². The van der Waals surface area contributed by atoms with Gasteiger partial charge in [0.2, 0.25) is 5.76 Å². The molecular formula is C20H14F6N4O4. The van der Waals surface area contributed by atoms with E-state index in [1.54, 1.807) is 0 Å². The Bertz CT molecular complexity index is 1200. The van der Waals surface area contributed by atoms with Crippen LogP contribution in [0.1, 0.15) is 35.2 Å². The van der Waals surface area contributed by atoms with Gasteiger partial charge in [0, 0.05) is 12.0 Å². The van der Waals surface area contributed by atoms with Crippen LogP contribution in [0.4, 0.5) is 32.0 Å². The summed E-state index contributed by atoms with van der Waals surface area (Å²) in [5.41, 5.74) is -1.000. The second-order valence-corrected chi connectivity index (χ2v) is 7.16. The highest BCUT2D eigenvalue weighted by Crippen LogP contribution is 2.40. The van der Waals surface area contributed by atoms with Crippen molar-refractivity contribution in [3.05, 3.63) is 53.7 Å². The van der Waals surface area contributed by atoms with E-state index in [0.29, 0.717) is 0 Å². The molecular weight excluding hydrogens is 474 g/mol. The lowest BCUT2D eigenvalue weighted by Gasteiger charge is -2.29. The third-order valence-corrected chi connectivity index (χ3v) is 4.79. The average Bonchev–Trinajstić information content (AvgIpc) is 3.24. The smallest absolute Gasteiger partial charge is 0.388 e. The van der Waals surface area contributed by atoms with Crippen LogP contribution in [0.3, 0.4) is 0 Å². The van der Waals surface area contributed by atoms with Crippen LogP contribution >= 0.6 is 0 Å². The third kappa shape index (κ3) is 5.11. The summed E-state index contributed by atoms with van der Waals surface area (Å²) in [5.74, 6) is -7.10. The number of nitrogens with zero attached hydrogens (tertiary/aromatic N) is 3. The van der Waals surface area contributed by atoms with Crippen LogP contribution in [0.5, 0.6) is 5.88 Å². The molecule has 0 bridgehead atoms. The lowest BCUT2D eigenvalue weighted by Crippen LogP contribution is -2.31. The molecule has 0 saturated carbocycles. The lowest BCUT2D eigenvalue weighted by atomic mass is 10.00. The molecule has 1 fully saturated rings. The minimum atomic E-state index is -3.22. The molecule has 1 unspecified atom stereocenters. The third-order valence-electron chi connectivity index (χ3n) is 4.79. The van der Waals surface area contributed by atoms with Gasteiger partial charge in [-0.25, -0.2) is 27.5 Å². The summed E-state index contributed by atoms with van der Waals surface area (Å²) in [6, 6.07) is 3.28. The van der Waals surface area contributed by atoms with E-state index in [1.165, 1.54) is 0 Å². The second kappa shape index (κ2) is 9.29. The fourth-order valence-electron chi connectivity index (χ4n) is 3.27. The minimum absolute atomic E-state index is 0.0823. The maximum Gasteiger partial charge on any atom is 0.388 e. The zero-order chi connectivity index (χ0) is 24.5. The summed E-state index contributed by atoms with van der Waals surface area (Å²) in [6.45, 7) is -4.14. The van der Waals surface area contributed by atoms with Crippen molar-refractivity contribution in [1.82, 2.24) is 15.1 Å². The Hall–Kier alpha value is -3.68. The first-order chi connectivity index (χ1) is 16.1. The van der Waals surface area contributed by atoms with Gasteiger partial charge in [-0.05, 0) is 29.8 Å². The molecule has 1 aliphatic rings. The number of ether oxygens (including phenoxy) is 2. The van der Waals surface area contributed by atoms with Crippen LogP contribution < -0.4 is 10.1 Å². The van der Waals surface area contributed by atoms with Crippen LogP contribution in [0.15, 0.2) is 35.1 Å². The van der Waals surface area contributed by atoms with Crippen LogP contribution in [-0.2, 0) is 4.74 Å². The van der Waals surface area contributed by atoms with Gasteiger partial charge in [0.05, 0.1) is 17.4 Å². The summed E-state index contributed by atoms with van der Waals surface area (Å²) in [5, 5.41) is 5.49. The van der Waals surface area contributed by atoms with Gasteiger partial charge in [-0.15, -0.1) is 0 Å². The summed E-state index contributed by atoms with van der Waals surface area (Å²) in [7, 11) is 0. The van der Waals surface area contributed by atoms with Crippen LogP contribution in [-0.4, -0.2) is 40.2 Å². The van der Waals surface area contributed by atoms with Gasteiger partial charge in [0.25, 0.3) is 17.7 Å². The number of aromatic nitrogens is 3. The summed E-state index contributed by atoms with van der Waals surface area (Å²) in [6.07, 6.45) is -0.813. The van der Waals surface area contributed by atoms with E-state index in [2.05, 4.69) is 29.7 Å². The first-order valence-corrected chi connectivity index (χ1v) is 9.65. The molecule has 2 aromatic heterocycles. The second-order valence-electron chi connectivity index (χ2n) is 7.16. The highest BCUT2D eigenvalue weighted by molar-refractivity contribution is 6.04. The molecule has 0 spiro atoms. The van der Waals surface area contributed by atoms with E-state index in [9.17, 15) is 31.1 Å². The molecule has 1 N–H and O–H groups in total. The van der Waals surface area contributed by atoms with E-state index >= 15 is 0 Å². The average molecular weight is 488 g/mol. The molecule has 0 radical (unpaired) electrons. The molecule has 1 aromatic carbocycles. The number of halogens is 6. The number of benzene rings is 1. The number of nitrogens with one attached hydrogen (secondary N) is 1. The van der Waals surface area contributed by atoms with Gasteiger partial charge >= 0.3 is 6.61 Å². The van der Waals surface area contributed by atoms with Gasteiger partial charge < -0.3 is 19.3 Å². The number of hydrogen-bond donors (Lipinski definition) is 1. The number of carbonyl (C=O) groups excluding carboxylic acids is 1. The van der Waals surface area contributed by atoms with Crippen molar-refractivity contribution in [3.63, 3.8) is 0 Å². The molecule has 3 aromatic rings. The van der Waals surface area contributed by atoms with Crippen molar-refractivity contribution in [3.8, 4) is 17.1 Å². The summed E-state index contributed by atoms with van der Waals surface area (Å²) < 4.78 is 94.1. The lowest BCUT2D eigenvalue weighted by molar-refractivity contribution is -0.146. The molecule has 1 saturated heterocycles. The summed E-state index contributed by atoms with van der Waals surface area (Å²) >= 11 is 0. The predicted octanol–water partition coefficient (Wildman–Crippen LogP) is 4.75. The fourth-order valence-corrected chi connectivity index (χ4v) is 3.27. The zero-order valence-corrected chi connectivity index (χ0v) is 16.9. The van der Waals surface area contributed by atoms with Crippen LogP contribution in [0, 0.1) is 11.6 Å². The first-order valence-electron chi connectivity index (χ1n) is 9.65. The maximum absolute atomic E-state index is 14.5. The number of anilines is 1. The molecule has 180 valence electrons.